The molecule has 1 saturated heterocycles. The number of carbonyl (C=O) groups is 2. The molecule has 0 spiro atoms. The van der Waals surface area contributed by atoms with Crippen LogP contribution < -0.4 is 0 Å². The summed E-state index contributed by atoms with van der Waals surface area (Å²) >= 11 is 0. The van der Waals surface area contributed by atoms with Gasteiger partial charge in [0.25, 0.3) is 6.43 Å². The third kappa shape index (κ3) is 5.44. The van der Waals surface area contributed by atoms with Crippen LogP contribution in [-0.4, -0.2) is 72.1 Å². The molecule has 1 aliphatic rings. The Morgan fingerprint density at radius 2 is 2.05 bits per heavy atom. The smallest absolute Gasteiger partial charge is 0.395 e. The van der Waals surface area contributed by atoms with E-state index in [1.807, 2.05) is 0 Å². The summed E-state index contributed by atoms with van der Waals surface area (Å²) in [6.45, 7) is -3.76. The van der Waals surface area contributed by atoms with Gasteiger partial charge in [-0.2, -0.15) is 13.2 Å². The van der Waals surface area contributed by atoms with Crippen molar-refractivity contribution in [3.63, 3.8) is 0 Å². The van der Waals surface area contributed by atoms with Gasteiger partial charge in [0.2, 0.25) is 11.8 Å². The van der Waals surface area contributed by atoms with Crippen LogP contribution in [0.1, 0.15) is 6.42 Å². The Bertz CT molecular complexity index is 389. The number of hydrogen-bond acceptors (Lipinski definition) is 3. The highest BCUT2D eigenvalue weighted by molar-refractivity contribution is 5.89. The van der Waals surface area contributed by atoms with Gasteiger partial charge in [-0.05, 0) is 0 Å². The summed E-state index contributed by atoms with van der Waals surface area (Å²) in [5.41, 5.74) is 0. The highest BCUT2D eigenvalue weighted by Crippen LogP contribution is 2.25. The van der Waals surface area contributed by atoms with E-state index < -0.39 is 63.0 Å². The molecule has 0 radical (unpaired) electrons. The standard InChI is InChI=1S/C11H15F5N2O3/c12-8(13)5-17(1-2-19)10(21)7-3-9(20)18(4-7)6-11(14,15)16/h7-8,19H,1-6H2. The molecule has 0 aromatic heterocycles. The molecule has 1 N–H and O–H groups in total. The van der Waals surface area contributed by atoms with E-state index in [9.17, 15) is 31.5 Å². The van der Waals surface area contributed by atoms with Crippen molar-refractivity contribution in [1.29, 1.82) is 0 Å². The lowest BCUT2D eigenvalue weighted by molar-refractivity contribution is -0.157. The highest BCUT2D eigenvalue weighted by atomic mass is 19.4. The third-order valence-corrected chi connectivity index (χ3v) is 2.97. The molecule has 0 aliphatic carbocycles. The van der Waals surface area contributed by atoms with E-state index in [1.54, 1.807) is 0 Å². The Kier molecular flexibility index (Phi) is 5.87. The third-order valence-electron chi connectivity index (χ3n) is 2.97. The van der Waals surface area contributed by atoms with Crippen LogP contribution in [0.15, 0.2) is 0 Å². The zero-order valence-corrected chi connectivity index (χ0v) is 10.9. The topological polar surface area (TPSA) is 60.9 Å². The Balaban J connectivity index is 2.68. The van der Waals surface area contributed by atoms with Crippen LogP contribution in [0.4, 0.5) is 22.0 Å². The Morgan fingerprint density at radius 1 is 1.43 bits per heavy atom. The number of aliphatic hydroxyl groups excluding tert-OH is 1. The van der Waals surface area contributed by atoms with Crippen LogP contribution in [0.2, 0.25) is 0 Å². The number of halogens is 5. The number of hydrogen-bond donors (Lipinski definition) is 1. The molecule has 5 nitrogen and oxygen atoms in total. The monoisotopic (exact) mass is 318 g/mol. The molecule has 1 aliphatic heterocycles. The fraction of sp³-hybridized carbons (Fsp3) is 0.818. The second kappa shape index (κ2) is 7.01. The minimum atomic E-state index is -4.58. The molecule has 1 unspecified atom stereocenters. The lowest BCUT2D eigenvalue weighted by atomic mass is 10.1. The van der Waals surface area contributed by atoms with Crippen molar-refractivity contribution in [2.24, 2.45) is 5.92 Å². The summed E-state index contributed by atoms with van der Waals surface area (Å²) in [5.74, 6) is -2.78. The molecule has 10 heteroatoms. The lowest BCUT2D eigenvalue weighted by Gasteiger charge is -2.24. The van der Waals surface area contributed by atoms with Crippen molar-refractivity contribution in [1.82, 2.24) is 9.80 Å². The molecule has 0 bridgehead atoms. The first-order valence-electron chi connectivity index (χ1n) is 6.16. The maximum absolute atomic E-state index is 12.3. The fourth-order valence-electron chi connectivity index (χ4n) is 2.14. The molecule has 122 valence electrons. The second-order valence-corrected chi connectivity index (χ2v) is 4.69. The predicted molar refractivity (Wildman–Crippen MR) is 60.4 cm³/mol. The largest absolute Gasteiger partial charge is 0.406 e. The fourth-order valence-corrected chi connectivity index (χ4v) is 2.14. The first-order valence-corrected chi connectivity index (χ1v) is 6.16. The minimum Gasteiger partial charge on any atom is -0.395 e. The molecule has 0 aromatic rings. The maximum Gasteiger partial charge on any atom is 0.406 e. The summed E-state index contributed by atoms with van der Waals surface area (Å²) < 4.78 is 61.4. The van der Waals surface area contributed by atoms with Gasteiger partial charge in [-0.15, -0.1) is 0 Å². The second-order valence-electron chi connectivity index (χ2n) is 4.69. The van der Waals surface area contributed by atoms with Crippen LogP contribution in [-0.2, 0) is 9.59 Å². The molecular formula is C11H15F5N2O3. The Hall–Kier alpha value is -1.45. The molecule has 0 aromatic carbocycles. The molecule has 0 saturated carbocycles. The van der Waals surface area contributed by atoms with Gasteiger partial charge < -0.3 is 14.9 Å². The van der Waals surface area contributed by atoms with Crippen molar-refractivity contribution in [2.45, 2.75) is 19.0 Å². The van der Waals surface area contributed by atoms with E-state index in [0.29, 0.717) is 9.80 Å². The van der Waals surface area contributed by atoms with Gasteiger partial charge >= 0.3 is 6.18 Å². The minimum absolute atomic E-state index is 0.354. The highest BCUT2D eigenvalue weighted by Gasteiger charge is 2.41. The summed E-state index contributed by atoms with van der Waals surface area (Å²) in [5, 5.41) is 8.73. The Labute approximate surface area is 117 Å². The van der Waals surface area contributed by atoms with Gasteiger partial charge in [0, 0.05) is 19.5 Å². The molecular weight excluding hydrogens is 303 g/mol. The van der Waals surface area contributed by atoms with Crippen molar-refractivity contribution in [3.05, 3.63) is 0 Å². The normalized spacial score (nSPS) is 19.5. The molecule has 1 atom stereocenters. The SMILES string of the molecule is O=C1CC(C(=O)N(CCO)CC(F)F)CN1CC(F)(F)F. The van der Waals surface area contributed by atoms with Gasteiger partial charge in [-0.3, -0.25) is 9.59 Å². The molecule has 1 heterocycles. The molecule has 2 amide bonds. The summed E-state index contributed by atoms with van der Waals surface area (Å²) in [6.07, 6.45) is -7.86. The van der Waals surface area contributed by atoms with E-state index in [0.717, 1.165) is 0 Å². The van der Waals surface area contributed by atoms with Gasteiger partial charge in [0.15, 0.2) is 0 Å². The zero-order chi connectivity index (χ0) is 16.2. The van der Waals surface area contributed by atoms with Gasteiger partial charge in [0.1, 0.15) is 6.54 Å². The van der Waals surface area contributed by atoms with Crippen LogP contribution in [0.5, 0.6) is 0 Å². The number of aliphatic hydroxyl groups is 1. The molecule has 1 rings (SSSR count). The lowest BCUT2D eigenvalue weighted by Crippen LogP contribution is -2.42. The predicted octanol–water partition coefficient (Wildman–Crippen LogP) is 0.483. The summed E-state index contributed by atoms with van der Waals surface area (Å²) in [4.78, 5) is 24.5. The van der Waals surface area contributed by atoms with Crippen LogP contribution in [0.3, 0.4) is 0 Å². The van der Waals surface area contributed by atoms with E-state index in [4.69, 9.17) is 5.11 Å². The van der Waals surface area contributed by atoms with Crippen LogP contribution in [0.25, 0.3) is 0 Å². The average Bonchev–Trinajstić information content (AvgIpc) is 2.66. The first-order chi connectivity index (χ1) is 9.64. The van der Waals surface area contributed by atoms with E-state index in [1.165, 1.54) is 0 Å². The van der Waals surface area contributed by atoms with E-state index >= 15 is 0 Å². The molecule has 1 fully saturated rings. The van der Waals surface area contributed by atoms with Gasteiger partial charge in [-0.25, -0.2) is 8.78 Å². The average molecular weight is 318 g/mol. The zero-order valence-electron chi connectivity index (χ0n) is 10.9. The van der Waals surface area contributed by atoms with Gasteiger partial charge in [0.05, 0.1) is 19.1 Å². The van der Waals surface area contributed by atoms with Crippen molar-refractivity contribution >= 4 is 11.8 Å². The number of carbonyl (C=O) groups excluding carboxylic acids is 2. The number of amides is 2. The van der Waals surface area contributed by atoms with Crippen molar-refractivity contribution < 1.29 is 36.6 Å². The summed E-state index contributed by atoms with van der Waals surface area (Å²) in [6, 6.07) is 0. The first kappa shape index (κ1) is 17.6. The van der Waals surface area contributed by atoms with E-state index in [2.05, 4.69) is 0 Å². The van der Waals surface area contributed by atoms with Crippen LogP contribution in [0, 0.1) is 5.92 Å². The number of rotatable bonds is 6. The maximum atomic E-state index is 12.3. The number of nitrogens with zero attached hydrogens (tertiary/aromatic N) is 2. The van der Waals surface area contributed by atoms with Gasteiger partial charge in [-0.1, -0.05) is 0 Å². The molecule has 21 heavy (non-hydrogen) atoms. The van der Waals surface area contributed by atoms with E-state index in [-0.39, 0.29) is 6.54 Å². The Morgan fingerprint density at radius 3 is 2.52 bits per heavy atom. The number of likely N-dealkylation sites (tertiary alicyclic amines) is 1. The van der Waals surface area contributed by atoms with Crippen molar-refractivity contribution in [3.8, 4) is 0 Å². The number of alkyl halides is 5. The summed E-state index contributed by atoms with van der Waals surface area (Å²) in [7, 11) is 0. The van der Waals surface area contributed by atoms with Crippen LogP contribution >= 0.6 is 0 Å². The quantitative estimate of drug-likeness (QED) is 0.725. The van der Waals surface area contributed by atoms with Crippen molar-refractivity contribution in [2.75, 3.05) is 32.8 Å².